The van der Waals surface area contributed by atoms with E-state index in [0.717, 1.165) is 17.1 Å². The van der Waals surface area contributed by atoms with Gasteiger partial charge < -0.3 is 15.2 Å². The number of hydrogen-bond acceptors (Lipinski definition) is 4. The van der Waals surface area contributed by atoms with E-state index in [1.54, 1.807) is 0 Å². The normalized spacial score (nSPS) is 12.0. The van der Waals surface area contributed by atoms with Gasteiger partial charge in [0, 0.05) is 0 Å². The second-order valence-corrected chi connectivity index (χ2v) is 6.40. The molecule has 2 rings (SSSR count). The monoisotopic (exact) mass is 349 g/mol. The number of esters is 1. The number of rotatable bonds is 5. The Morgan fingerprint density at radius 2 is 1.54 bits per heavy atom. The highest BCUT2D eigenvalue weighted by molar-refractivity contribution is 5.85. The zero-order chi connectivity index (χ0) is 16.9. The third-order valence-electron chi connectivity index (χ3n) is 3.07. The van der Waals surface area contributed by atoms with Crippen LogP contribution in [0.5, 0.6) is 11.5 Å². The molecule has 2 aromatic carbocycles. The van der Waals surface area contributed by atoms with Gasteiger partial charge in [-0.1, -0.05) is 30.3 Å². The molecule has 0 fully saturated rings. The van der Waals surface area contributed by atoms with Crippen LogP contribution < -0.4 is 10.5 Å². The van der Waals surface area contributed by atoms with Crippen molar-refractivity contribution in [1.29, 1.82) is 0 Å². The number of carbonyl (C=O) groups is 1. The van der Waals surface area contributed by atoms with Gasteiger partial charge in [-0.05, 0) is 57.0 Å². The summed E-state index contributed by atoms with van der Waals surface area (Å²) in [6, 6.07) is 16.4. The zero-order valence-electron chi connectivity index (χ0n) is 14.2. The molecule has 2 aromatic rings. The van der Waals surface area contributed by atoms with Crippen molar-refractivity contribution in [3.05, 3.63) is 60.2 Å². The molecule has 0 aliphatic rings. The Balaban J connectivity index is 0.00000288. The van der Waals surface area contributed by atoms with Gasteiger partial charge in [0.2, 0.25) is 0 Å². The molecule has 0 aliphatic heterocycles. The molecule has 0 aromatic heterocycles. The fraction of sp³-hybridized carbons (Fsp3) is 0.316. The van der Waals surface area contributed by atoms with Crippen LogP contribution in [0.15, 0.2) is 54.6 Å². The zero-order valence-corrected chi connectivity index (χ0v) is 15.0. The molecule has 0 aliphatic carbocycles. The highest BCUT2D eigenvalue weighted by atomic mass is 35.5. The first kappa shape index (κ1) is 20.0. The number of nitrogens with two attached hydrogens (primary N) is 1. The van der Waals surface area contributed by atoms with Gasteiger partial charge in [0.15, 0.2) is 0 Å². The van der Waals surface area contributed by atoms with E-state index in [2.05, 4.69) is 0 Å². The second-order valence-electron chi connectivity index (χ2n) is 6.40. The largest absolute Gasteiger partial charge is 0.459 e. The highest BCUT2D eigenvalue weighted by Crippen LogP contribution is 2.21. The summed E-state index contributed by atoms with van der Waals surface area (Å²) in [4.78, 5) is 11.9. The van der Waals surface area contributed by atoms with Gasteiger partial charge in [-0.2, -0.15) is 0 Å². The summed E-state index contributed by atoms with van der Waals surface area (Å²) in [5.74, 6) is 1.14. The lowest BCUT2D eigenvalue weighted by Gasteiger charge is -2.22. The molecule has 0 spiro atoms. The Bertz CT molecular complexity index is 636. The van der Waals surface area contributed by atoms with Gasteiger partial charge in [-0.15, -0.1) is 12.4 Å². The maximum Gasteiger partial charge on any atom is 0.323 e. The first-order chi connectivity index (χ1) is 10.8. The minimum atomic E-state index is -0.671. The summed E-state index contributed by atoms with van der Waals surface area (Å²) in [6.07, 6.45) is 0.431. The van der Waals surface area contributed by atoms with E-state index in [4.69, 9.17) is 15.2 Å². The Morgan fingerprint density at radius 3 is 2.08 bits per heavy atom. The summed E-state index contributed by atoms with van der Waals surface area (Å²) in [5.41, 5.74) is 6.35. The van der Waals surface area contributed by atoms with Gasteiger partial charge in [0.1, 0.15) is 23.1 Å². The van der Waals surface area contributed by atoms with E-state index in [1.165, 1.54) is 0 Å². The van der Waals surface area contributed by atoms with Crippen molar-refractivity contribution < 1.29 is 14.3 Å². The van der Waals surface area contributed by atoms with Gasteiger partial charge >= 0.3 is 5.97 Å². The van der Waals surface area contributed by atoms with Crippen LogP contribution in [0, 0.1) is 0 Å². The Morgan fingerprint density at radius 1 is 1.00 bits per heavy atom. The molecule has 4 nitrogen and oxygen atoms in total. The maximum absolute atomic E-state index is 11.9. The molecule has 0 amide bonds. The van der Waals surface area contributed by atoms with E-state index < -0.39 is 11.6 Å². The number of halogens is 1. The molecule has 5 heteroatoms. The average molecular weight is 350 g/mol. The molecular weight excluding hydrogens is 326 g/mol. The van der Waals surface area contributed by atoms with Crippen molar-refractivity contribution in [2.24, 2.45) is 5.73 Å². The van der Waals surface area contributed by atoms with Crippen LogP contribution in [-0.2, 0) is 16.0 Å². The van der Waals surface area contributed by atoms with Crippen LogP contribution in [-0.4, -0.2) is 17.6 Å². The summed E-state index contributed by atoms with van der Waals surface area (Å²) >= 11 is 0. The number of para-hydroxylation sites is 1. The maximum atomic E-state index is 11.9. The first-order valence-corrected chi connectivity index (χ1v) is 7.64. The van der Waals surface area contributed by atoms with Crippen molar-refractivity contribution in [3.63, 3.8) is 0 Å². The Labute approximate surface area is 149 Å². The van der Waals surface area contributed by atoms with Crippen molar-refractivity contribution >= 4 is 18.4 Å². The minimum absolute atomic E-state index is 0. The number of ether oxygens (including phenoxy) is 2. The lowest BCUT2D eigenvalue weighted by molar-refractivity contribution is -0.156. The third kappa shape index (κ3) is 6.60. The smallest absolute Gasteiger partial charge is 0.323 e. The summed E-state index contributed by atoms with van der Waals surface area (Å²) in [6.45, 7) is 5.48. The van der Waals surface area contributed by atoms with E-state index >= 15 is 0 Å². The summed E-state index contributed by atoms with van der Waals surface area (Å²) < 4.78 is 11.0. The standard InChI is InChI=1S/C19H23NO3.ClH/c1-19(2,3)23-18(21)17(20)13-14-9-11-16(12-10-14)22-15-7-5-4-6-8-15;/h4-12,17H,13,20H2,1-3H3;1H/t17-;/m0./s1. The molecule has 0 saturated heterocycles. The Hall–Kier alpha value is -2.04. The SMILES string of the molecule is CC(C)(C)OC(=O)[C@@H](N)Cc1ccc(Oc2ccccc2)cc1.Cl. The van der Waals surface area contributed by atoms with Crippen LogP contribution in [0.1, 0.15) is 26.3 Å². The van der Waals surface area contributed by atoms with Crippen LogP contribution >= 0.6 is 12.4 Å². The predicted molar refractivity (Wildman–Crippen MR) is 97.7 cm³/mol. The van der Waals surface area contributed by atoms with Crippen molar-refractivity contribution in [2.75, 3.05) is 0 Å². The molecule has 0 bridgehead atoms. The van der Waals surface area contributed by atoms with Crippen LogP contribution in [0.4, 0.5) is 0 Å². The van der Waals surface area contributed by atoms with Crippen LogP contribution in [0.2, 0.25) is 0 Å². The molecule has 2 N–H and O–H groups in total. The topological polar surface area (TPSA) is 61.5 Å². The molecule has 24 heavy (non-hydrogen) atoms. The molecule has 0 heterocycles. The Kier molecular flexibility index (Phi) is 7.26. The lowest BCUT2D eigenvalue weighted by Crippen LogP contribution is -2.38. The lowest BCUT2D eigenvalue weighted by atomic mass is 10.1. The van der Waals surface area contributed by atoms with E-state index in [1.807, 2.05) is 75.4 Å². The number of hydrogen-bond donors (Lipinski definition) is 1. The van der Waals surface area contributed by atoms with Crippen molar-refractivity contribution in [2.45, 2.75) is 38.8 Å². The van der Waals surface area contributed by atoms with Gasteiger partial charge in [-0.25, -0.2) is 0 Å². The fourth-order valence-corrected chi connectivity index (χ4v) is 2.03. The molecule has 130 valence electrons. The molecule has 0 radical (unpaired) electrons. The van der Waals surface area contributed by atoms with E-state index in [0.29, 0.717) is 6.42 Å². The third-order valence-corrected chi connectivity index (χ3v) is 3.07. The summed E-state index contributed by atoms with van der Waals surface area (Å²) in [7, 11) is 0. The first-order valence-electron chi connectivity index (χ1n) is 7.64. The second kappa shape index (κ2) is 8.71. The predicted octanol–water partition coefficient (Wildman–Crippen LogP) is 4.11. The van der Waals surface area contributed by atoms with Gasteiger partial charge in [0.25, 0.3) is 0 Å². The highest BCUT2D eigenvalue weighted by Gasteiger charge is 2.22. The van der Waals surface area contributed by atoms with Crippen molar-refractivity contribution in [1.82, 2.24) is 0 Å². The average Bonchev–Trinajstić information content (AvgIpc) is 2.48. The van der Waals surface area contributed by atoms with Crippen molar-refractivity contribution in [3.8, 4) is 11.5 Å². The van der Waals surface area contributed by atoms with Gasteiger partial charge in [0.05, 0.1) is 0 Å². The molecule has 0 saturated carbocycles. The number of carbonyl (C=O) groups excluding carboxylic acids is 1. The van der Waals surface area contributed by atoms with E-state index in [9.17, 15) is 4.79 Å². The van der Waals surface area contributed by atoms with E-state index in [-0.39, 0.29) is 18.4 Å². The van der Waals surface area contributed by atoms with Gasteiger partial charge in [-0.3, -0.25) is 4.79 Å². The fourth-order valence-electron chi connectivity index (χ4n) is 2.03. The minimum Gasteiger partial charge on any atom is -0.459 e. The summed E-state index contributed by atoms with van der Waals surface area (Å²) in [5, 5.41) is 0. The quantitative estimate of drug-likeness (QED) is 0.825. The molecule has 1 atom stereocenters. The molecule has 0 unspecified atom stereocenters. The number of benzene rings is 2. The molecular formula is C19H24ClNO3. The van der Waals surface area contributed by atoms with Crippen LogP contribution in [0.25, 0.3) is 0 Å². The van der Waals surface area contributed by atoms with Crippen LogP contribution in [0.3, 0.4) is 0 Å².